The fourth-order valence-corrected chi connectivity index (χ4v) is 5.46. The van der Waals surface area contributed by atoms with Crippen molar-refractivity contribution in [3.8, 4) is 0 Å². The standard InChI is InChI=1S/C19H21ClN2O2S/c1-11-2-3-14-15(10-25-16(14)4-11)18(24)22-13-7-19(8-13)5-12(6-19)21-17(23)9-20/h2-4,10,12-13H,5-9H2,1H3,(H,21,23)(H,22,24). The van der Waals surface area contributed by atoms with E-state index in [-0.39, 0.29) is 29.8 Å². The molecule has 1 heterocycles. The second-order valence-electron chi connectivity index (χ2n) is 7.53. The van der Waals surface area contributed by atoms with Gasteiger partial charge in [0.1, 0.15) is 5.88 Å². The molecule has 2 N–H and O–H groups in total. The van der Waals surface area contributed by atoms with Gasteiger partial charge in [0.15, 0.2) is 0 Å². The van der Waals surface area contributed by atoms with Crippen LogP contribution in [-0.2, 0) is 4.79 Å². The van der Waals surface area contributed by atoms with Crippen LogP contribution >= 0.6 is 22.9 Å². The van der Waals surface area contributed by atoms with Gasteiger partial charge in [-0.05, 0) is 49.7 Å². The first-order valence-corrected chi connectivity index (χ1v) is 10.0. The number of carbonyl (C=O) groups excluding carboxylic acids is 2. The zero-order valence-electron chi connectivity index (χ0n) is 14.1. The van der Waals surface area contributed by atoms with Crippen molar-refractivity contribution in [3.05, 3.63) is 34.7 Å². The number of amides is 2. The molecule has 1 aromatic carbocycles. The number of rotatable bonds is 4. The second-order valence-corrected chi connectivity index (χ2v) is 8.71. The molecule has 4 rings (SSSR count). The predicted molar refractivity (Wildman–Crippen MR) is 101 cm³/mol. The van der Waals surface area contributed by atoms with E-state index in [1.54, 1.807) is 11.3 Å². The van der Waals surface area contributed by atoms with Gasteiger partial charge in [0.2, 0.25) is 5.91 Å². The number of thiophene rings is 1. The highest BCUT2D eigenvalue weighted by molar-refractivity contribution is 7.17. The van der Waals surface area contributed by atoms with Gasteiger partial charge in [-0.25, -0.2) is 0 Å². The summed E-state index contributed by atoms with van der Waals surface area (Å²) in [7, 11) is 0. The van der Waals surface area contributed by atoms with Crippen LogP contribution in [-0.4, -0.2) is 29.8 Å². The van der Waals surface area contributed by atoms with Crippen molar-refractivity contribution >= 4 is 44.8 Å². The molecule has 4 nitrogen and oxygen atoms in total. The fraction of sp³-hybridized carbons (Fsp3) is 0.474. The van der Waals surface area contributed by atoms with E-state index in [4.69, 9.17) is 11.6 Å². The molecule has 2 saturated carbocycles. The monoisotopic (exact) mass is 376 g/mol. The van der Waals surface area contributed by atoms with Crippen LogP contribution in [0.5, 0.6) is 0 Å². The molecule has 25 heavy (non-hydrogen) atoms. The topological polar surface area (TPSA) is 58.2 Å². The van der Waals surface area contributed by atoms with Gasteiger partial charge in [0.05, 0.1) is 5.56 Å². The van der Waals surface area contributed by atoms with Gasteiger partial charge in [-0.2, -0.15) is 0 Å². The minimum atomic E-state index is -0.0923. The molecule has 0 saturated heterocycles. The molecule has 0 aliphatic heterocycles. The first-order chi connectivity index (χ1) is 12.0. The Hall–Kier alpha value is -1.59. The number of carbonyl (C=O) groups is 2. The number of halogens is 1. The van der Waals surface area contributed by atoms with Gasteiger partial charge in [0, 0.05) is 27.5 Å². The molecule has 2 aliphatic carbocycles. The van der Waals surface area contributed by atoms with Crippen molar-refractivity contribution in [2.75, 3.05) is 5.88 Å². The minimum Gasteiger partial charge on any atom is -0.352 e. The van der Waals surface area contributed by atoms with Crippen LogP contribution in [0.25, 0.3) is 10.1 Å². The zero-order chi connectivity index (χ0) is 17.6. The Morgan fingerprint density at radius 1 is 1.20 bits per heavy atom. The maximum absolute atomic E-state index is 12.6. The molecule has 2 amide bonds. The molecule has 0 unspecified atom stereocenters. The van der Waals surface area contributed by atoms with E-state index in [0.717, 1.165) is 41.3 Å². The summed E-state index contributed by atoms with van der Waals surface area (Å²) in [5, 5.41) is 9.10. The van der Waals surface area contributed by atoms with E-state index >= 15 is 0 Å². The third kappa shape index (κ3) is 3.15. The maximum atomic E-state index is 12.6. The summed E-state index contributed by atoms with van der Waals surface area (Å²) >= 11 is 7.14. The molecular weight excluding hydrogens is 356 g/mol. The molecule has 2 aromatic rings. The Labute approximate surface area is 155 Å². The molecule has 0 atom stereocenters. The number of fused-ring (bicyclic) bond motifs is 1. The van der Waals surface area contributed by atoms with Crippen molar-refractivity contribution in [2.24, 2.45) is 5.41 Å². The number of nitrogens with one attached hydrogen (secondary N) is 2. The highest BCUT2D eigenvalue weighted by Crippen LogP contribution is 2.55. The third-order valence-electron chi connectivity index (χ3n) is 5.52. The summed E-state index contributed by atoms with van der Waals surface area (Å²) in [6, 6.07) is 6.71. The lowest BCUT2D eigenvalue weighted by Crippen LogP contribution is -2.61. The molecule has 1 spiro atoms. The zero-order valence-corrected chi connectivity index (χ0v) is 15.7. The van der Waals surface area contributed by atoms with E-state index in [1.165, 1.54) is 5.56 Å². The van der Waals surface area contributed by atoms with Gasteiger partial charge in [-0.3, -0.25) is 9.59 Å². The van der Waals surface area contributed by atoms with Crippen molar-refractivity contribution in [3.63, 3.8) is 0 Å². The van der Waals surface area contributed by atoms with E-state index in [2.05, 4.69) is 23.6 Å². The average Bonchev–Trinajstić information content (AvgIpc) is 2.93. The quantitative estimate of drug-likeness (QED) is 0.801. The molecule has 2 fully saturated rings. The molecule has 6 heteroatoms. The molecular formula is C19H21ClN2O2S. The fourth-order valence-electron chi connectivity index (χ4n) is 4.35. The highest BCUT2D eigenvalue weighted by atomic mass is 35.5. The average molecular weight is 377 g/mol. The second kappa shape index (κ2) is 6.29. The van der Waals surface area contributed by atoms with Crippen LogP contribution in [0.15, 0.2) is 23.6 Å². The number of aryl methyl sites for hydroxylation is 1. The summed E-state index contributed by atoms with van der Waals surface area (Å²) in [6.45, 7) is 2.06. The summed E-state index contributed by atoms with van der Waals surface area (Å²) in [4.78, 5) is 23.9. The first-order valence-electron chi connectivity index (χ1n) is 8.62. The van der Waals surface area contributed by atoms with Gasteiger partial charge < -0.3 is 10.6 Å². The maximum Gasteiger partial charge on any atom is 0.252 e. The van der Waals surface area contributed by atoms with Crippen LogP contribution in [0.4, 0.5) is 0 Å². The van der Waals surface area contributed by atoms with E-state index in [1.807, 2.05) is 17.5 Å². The number of hydrogen-bond acceptors (Lipinski definition) is 3. The number of benzene rings is 1. The normalized spacial score (nSPS) is 27.6. The predicted octanol–water partition coefficient (Wildman–Crippen LogP) is 3.61. The molecule has 0 radical (unpaired) electrons. The number of alkyl halides is 1. The molecule has 0 bridgehead atoms. The summed E-state index contributed by atoms with van der Waals surface area (Å²) < 4.78 is 1.16. The SMILES string of the molecule is Cc1ccc2c(C(=O)NC3CC4(CC(NC(=O)CCl)C4)C3)csc2c1. The highest BCUT2D eigenvalue weighted by Gasteiger charge is 2.53. The molecule has 2 aliphatic rings. The molecule has 1 aromatic heterocycles. The third-order valence-corrected chi connectivity index (χ3v) is 6.70. The first kappa shape index (κ1) is 16.9. The van der Waals surface area contributed by atoms with E-state index < -0.39 is 0 Å². The Balaban J connectivity index is 1.31. The lowest BCUT2D eigenvalue weighted by Gasteiger charge is -2.57. The van der Waals surface area contributed by atoms with Crippen LogP contribution < -0.4 is 10.6 Å². The van der Waals surface area contributed by atoms with Crippen molar-refractivity contribution in [2.45, 2.75) is 44.7 Å². The summed E-state index contributed by atoms with van der Waals surface area (Å²) in [5.74, 6) is -0.0393. The van der Waals surface area contributed by atoms with Gasteiger partial charge in [0.25, 0.3) is 5.91 Å². The van der Waals surface area contributed by atoms with Crippen LogP contribution in [0.2, 0.25) is 0 Å². The van der Waals surface area contributed by atoms with Gasteiger partial charge in [-0.15, -0.1) is 22.9 Å². The van der Waals surface area contributed by atoms with Crippen LogP contribution in [0, 0.1) is 12.3 Å². The molecule has 132 valence electrons. The largest absolute Gasteiger partial charge is 0.352 e. The Morgan fingerprint density at radius 3 is 2.56 bits per heavy atom. The summed E-state index contributed by atoms with van der Waals surface area (Å²) in [6.07, 6.45) is 4.02. The lowest BCUT2D eigenvalue weighted by atomic mass is 9.52. The Bertz CT molecular complexity index is 833. The van der Waals surface area contributed by atoms with Crippen molar-refractivity contribution < 1.29 is 9.59 Å². The smallest absolute Gasteiger partial charge is 0.252 e. The van der Waals surface area contributed by atoms with E-state index in [9.17, 15) is 9.59 Å². The Morgan fingerprint density at radius 2 is 1.88 bits per heavy atom. The minimum absolute atomic E-state index is 0.0241. The van der Waals surface area contributed by atoms with Crippen LogP contribution in [0.1, 0.15) is 41.6 Å². The Kier molecular flexibility index (Phi) is 4.24. The van der Waals surface area contributed by atoms with Crippen LogP contribution in [0.3, 0.4) is 0 Å². The van der Waals surface area contributed by atoms with Crippen molar-refractivity contribution in [1.82, 2.24) is 10.6 Å². The van der Waals surface area contributed by atoms with E-state index in [0.29, 0.717) is 5.41 Å². The van der Waals surface area contributed by atoms with Gasteiger partial charge in [-0.1, -0.05) is 12.1 Å². The number of hydrogen-bond donors (Lipinski definition) is 2. The van der Waals surface area contributed by atoms with Crippen molar-refractivity contribution in [1.29, 1.82) is 0 Å². The lowest BCUT2D eigenvalue weighted by molar-refractivity contribution is -0.122. The summed E-state index contributed by atoms with van der Waals surface area (Å²) in [5.41, 5.74) is 2.31. The van der Waals surface area contributed by atoms with Gasteiger partial charge >= 0.3 is 0 Å².